The van der Waals surface area contributed by atoms with Gasteiger partial charge in [0.25, 0.3) is 11.8 Å². The monoisotopic (exact) mass is 918 g/mol. The molecule has 2 aromatic heterocycles. The van der Waals surface area contributed by atoms with Crippen molar-refractivity contribution in [2.45, 2.75) is 118 Å². The number of nitrogens with zero attached hydrogens (tertiary/aromatic N) is 6. The molecule has 0 radical (unpaired) electrons. The van der Waals surface area contributed by atoms with E-state index in [-0.39, 0.29) is 23.7 Å². The van der Waals surface area contributed by atoms with Gasteiger partial charge in [-0.2, -0.15) is 0 Å². The highest BCUT2D eigenvalue weighted by Crippen LogP contribution is 2.40. The van der Waals surface area contributed by atoms with Crippen LogP contribution in [0.3, 0.4) is 0 Å². The highest BCUT2D eigenvalue weighted by atomic mass is 16.5. The van der Waals surface area contributed by atoms with Gasteiger partial charge in [0.05, 0.1) is 42.7 Å². The summed E-state index contributed by atoms with van der Waals surface area (Å²) in [6.07, 6.45) is 6.42. The number of carbonyl (C=O) groups excluding carboxylic acids is 4. The van der Waals surface area contributed by atoms with Crippen LogP contribution < -0.4 is 28.4 Å². The Morgan fingerprint density at radius 2 is 0.879 bits per heavy atom. The summed E-state index contributed by atoms with van der Waals surface area (Å²) in [6, 6.07) is 6.82. The van der Waals surface area contributed by atoms with Crippen molar-refractivity contribution in [3.8, 4) is 34.5 Å². The minimum Gasteiger partial charge on any atom is -0.493 e. The van der Waals surface area contributed by atoms with Crippen LogP contribution in [0.4, 0.5) is 0 Å². The maximum Gasteiger partial charge on any atom is 0.291 e. The third kappa shape index (κ3) is 11.4. The first-order chi connectivity index (χ1) is 31.5. The fourth-order valence-electron chi connectivity index (χ4n) is 7.76. The lowest BCUT2D eigenvalue weighted by Crippen LogP contribution is -2.42. The van der Waals surface area contributed by atoms with Crippen molar-refractivity contribution in [3.63, 3.8) is 0 Å². The number of hydrogen-bond acceptors (Lipinski definition) is 16. The van der Waals surface area contributed by atoms with Gasteiger partial charge in [0.15, 0.2) is 23.0 Å². The summed E-state index contributed by atoms with van der Waals surface area (Å²) in [4.78, 5) is 54.3. The molecule has 2 fully saturated rings. The first-order valence-corrected chi connectivity index (χ1v) is 22.4. The van der Waals surface area contributed by atoms with Gasteiger partial charge >= 0.3 is 0 Å². The average Bonchev–Trinajstić information content (AvgIpc) is 4.19. The number of amides is 2. The molecule has 0 saturated carbocycles. The van der Waals surface area contributed by atoms with Gasteiger partial charge in [0.1, 0.15) is 12.1 Å². The van der Waals surface area contributed by atoms with E-state index in [1.807, 2.05) is 38.1 Å². The number of hydrogen-bond donors (Lipinski definition) is 0. The van der Waals surface area contributed by atoms with Gasteiger partial charge < -0.3 is 47.1 Å². The maximum atomic E-state index is 12.9. The zero-order valence-electron chi connectivity index (χ0n) is 40.5. The predicted molar refractivity (Wildman–Crippen MR) is 241 cm³/mol. The molecule has 0 unspecified atom stereocenters. The molecule has 2 atom stereocenters. The van der Waals surface area contributed by atoms with Crippen molar-refractivity contribution >= 4 is 23.4 Å². The summed E-state index contributed by atoms with van der Waals surface area (Å²) >= 11 is 0. The Hall–Kier alpha value is -6.20. The number of rotatable bonds is 20. The maximum absolute atomic E-state index is 12.9. The molecule has 18 nitrogen and oxygen atoms in total. The highest BCUT2D eigenvalue weighted by Gasteiger charge is 2.42. The van der Waals surface area contributed by atoms with Gasteiger partial charge in [-0.1, -0.05) is 41.5 Å². The second-order valence-electron chi connectivity index (χ2n) is 17.6. The van der Waals surface area contributed by atoms with E-state index in [4.69, 9.17) is 37.3 Å². The molecule has 6 rings (SSSR count). The summed E-state index contributed by atoms with van der Waals surface area (Å²) in [5, 5.41) is 16.7. The standard InChI is InChI=1S/2C24H33N3O6/c2*1-7-24(2,3)21(28)23(29)27-12-8-9-16(27)22-26-25-19(33-22)11-10-15-13-17(30-4)20(32-6)18(14-15)31-5/h2*13-14,16H,7-12H2,1-6H3/t2*16-/m00/s1. The number of aryl methyl sites for hydroxylation is 4. The molecule has 0 aliphatic carbocycles. The van der Waals surface area contributed by atoms with Crippen molar-refractivity contribution < 1.29 is 56.4 Å². The molecular formula is C48H66N6O12. The van der Waals surface area contributed by atoms with E-state index in [0.29, 0.717) is 123 Å². The molecule has 0 N–H and O–H groups in total. The Kier molecular flexibility index (Phi) is 17.2. The van der Waals surface area contributed by atoms with Crippen LogP contribution in [0, 0.1) is 10.8 Å². The van der Waals surface area contributed by atoms with E-state index < -0.39 is 22.6 Å². The van der Waals surface area contributed by atoms with Gasteiger partial charge in [-0.3, -0.25) is 19.2 Å². The molecule has 66 heavy (non-hydrogen) atoms. The summed E-state index contributed by atoms with van der Waals surface area (Å²) in [6.45, 7) is 12.0. The van der Waals surface area contributed by atoms with Gasteiger partial charge in [-0.05, 0) is 86.8 Å². The average molecular weight is 919 g/mol. The van der Waals surface area contributed by atoms with Gasteiger partial charge in [0, 0.05) is 36.8 Å². The van der Waals surface area contributed by atoms with Crippen LogP contribution >= 0.6 is 0 Å². The number of carbonyl (C=O) groups is 4. The van der Waals surface area contributed by atoms with E-state index >= 15 is 0 Å². The Bertz CT molecular complexity index is 2110. The van der Waals surface area contributed by atoms with E-state index in [1.54, 1.807) is 80.2 Å². The summed E-state index contributed by atoms with van der Waals surface area (Å²) in [7, 11) is 9.43. The minimum absolute atomic E-state index is 0.364. The fraction of sp³-hybridized carbons (Fsp3) is 0.583. The second-order valence-corrected chi connectivity index (χ2v) is 17.6. The third-order valence-electron chi connectivity index (χ3n) is 12.7. The summed E-state index contributed by atoms with van der Waals surface area (Å²) < 4.78 is 44.2. The van der Waals surface area contributed by atoms with Crippen LogP contribution in [0.1, 0.15) is 127 Å². The van der Waals surface area contributed by atoms with Gasteiger partial charge in [-0.15, -0.1) is 20.4 Å². The molecule has 2 amide bonds. The lowest BCUT2D eigenvalue weighted by molar-refractivity contribution is -0.150. The van der Waals surface area contributed by atoms with E-state index in [0.717, 1.165) is 24.0 Å². The molecule has 2 saturated heterocycles. The molecular weight excluding hydrogens is 853 g/mol. The lowest BCUT2D eigenvalue weighted by Gasteiger charge is -2.26. The summed E-state index contributed by atoms with van der Waals surface area (Å²) in [5.74, 6) is 3.40. The fourth-order valence-corrected chi connectivity index (χ4v) is 7.76. The molecule has 18 heteroatoms. The van der Waals surface area contributed by atoms with Gasteiger partial charge in [-0.25, -0.2) is 0 Å². The van der Waals surface area contributed by atoms with Gasteiger partial charge in [0.2, 0.25) is 46.6 Å². The third-order valence-corrected chi connectivity index (χ3v) is 12.7. The number of aromatic nitrogens is 4. The molecule has 2 aliphatic rings. The molecule has 2 aliphatic heterocycles. The number of methoxy groups -OCH3 is 6. The number of ether oxygens (including phenoxy) is 6. The number of Topliss-reactive ketones (excluding diaryl/α,β-unsaturated/α-hetero) is 2. The van der Waals surface area contributed by atoms with Crippen LogP contribution in [-0.2, 0) is 44.9 Å². The first-order valence-electron chi connectivity index (χ1n) is 22.4. The molecule has 360 valence electrons. The lowest BCUT2D eigenvalue weighted by atomic mass is 9.84. The van der Waals surface area contributed by atoms with Crippen LogP contribution in [0.15, 0.2) is 33.1 Å². The molecule has 0 bridgehead atoms. The van der Waals surface area contributed by atoms with E-state index in [9.17, 15) is 19.2 Å². The zero-order valence-corrected chi connectivity index (χ0v) is 40.5. The highest BCUT2D eigenvalue weighted by molar-refractivity contribution is 6.38. The van der Waals surface area contributed by atoms with Crippen molar-refractivity contribution in [3.05, 3.63) is 59.0 Å². The Morgan fingerprint density at radius 3 is 1.17 bits per heavy atom. The molecule has 2 aromatic carbocycles. The molecule has 4 heterocycles. The molecule has 4 aromatic rings. The van der Waals surface area contributed by atoms with E-state index in [1.165, 1.54) is 0 Å². The first kappa shape index (κ1) is 50.8. The van der Waals surface area contributed by atoms with E-state index in [2.05, 4.69) is 20.4 Å². The SMILES string of the molecule is CCC(C)(C)C(=O)C(=O)N1CCC[C@H]1c1nnc(CCc2cc(OC)c(OC)c(OC)c2)o1.CCC(C)(C)C(=O)C(=O)N1CCC[C@H]1c1nnc(CCc2cc(OC)c(OC)c(OC)c2)o1. The quantitative estimate of drug-likeness (QED) is 0.0810. The summed E-state index contributed by atoms with van der Waals surface area (Å²) in [5.41, 5.74) is 0.554. The smallest absolute Gasteiger partial charge is 0.291 e. The van der Waals surface area contributed by atoms with Crippen molar-refractivity contribution in [2.24, 2.45) is 10.8 Å². The normalized spacial score (nSPS) is 16.1. The van der Waals surface area contributed by atoms with Crippen molar-refractivity contribution in [1.29, 1.82) is 0 Å². The Balaban J connectivity index is 0.000000247. The minimum atomic E-state index is -0.690. The molecule has 0 spiro atoms. The topological polar surface area (TPSA) is 208 Å². The number of likely N-dealkylation sites (tertiary alicyclic amines) is 2. The number of benzene rings is 2. The Labute approximate surface area is 387 Å². The van der Waals surface area contributed by atoms with Crippen LogP contribution in [0.2, 0.25) is 0 Å². The van der Waals surface area contributed by atoms with Crippen molar-refractivity contribution in [1.82, 2.24) is 30.2 Å². The Morgan fingerprint density at radius 1 is 0.545 bits per heavy atom. The second kappa shape index (κ2) is 22.3. The van der Waals surface area contributed by atoms with Crippen LogP contribution in [-0.4, -0.2) is 109 Å². The predicted octanol–water partition coefficient (Wildman–Crippen LogP) is 7.10. The number of ketones is 2. The van der Waals surface area contributed by atoms with Crippen LogP contribution in [0.25, 0.3) is 0 Å². The van der Waals surface area contributed by atoms with Crippen molar-refractivity contribution in [2.75, 3.05) is 55.7 Å². The zero-order chi connectivity index (χ0) is 48.3. The van der Waals surface area contributed by atoms with Crippen LogP contribution in [0.5, 0.6) is 34.5 Å². The largest absolute Gasteiger partial charge is 0.493 e.